The molecule has 3 atom stereocenters. The van der Waals surface area contributed by atoms with E-state index >= 15 is 0 Å². The van der Waals surface area contributed by atoms with E-state index < -0.39 is 0 Å². The smallest absolute Gasteiger partial charge is 0.0846 e. The van der Waals surface area contributed by atoms with Gasteiger partial charge in [-0.1, -0.05) is 32.1 Å². The van der Waals surface area contributed by atoms with Crippen LogP contribution in [-0.4, -0.2) is 22.9 Å². The average Bonchev–Trinajstić information content (AvgIpc) is 2.64. The van der Waals surface area contributed by atoms with Crippen molar-refractivity contribution >= 4 is 0 Å². The molecule has 3 aliphatic rings. The summed E-state index contributed by atoms with van der Waals surface area (Å²) < 4.78 is 6.48. The topological polar surface area (TPSA) is 29.5 Å². The number of ether oxygens (including phenoxy) is 1. The molecular formula is C15H22O2. The Balaban J connectivity index is 2.07. The zero-order valence-corrected chi connectivity index (χ0v) is 11.0. The van der Waals surface area contributed by atoms with E-state index in [1.807, 2.05) is 0 Å². The molecule has 0 amide bonds. The predicted octanol–water partition coefficient (Wildman–Crippen LogP) is 2.83. The van der Waals surface area contributed by atoms with Gasteiger partial charge >= 0.3 is 0 Å². The molecule has 0 unspecified atom stereocenters. The Morgan fingerprint density at radius 3 is 2.76 bits per heavy atom. The van der Waals surface area contributed by atoms with Crippen molar-refractivity contribution in [2.75, 3.05) is 6.61 Å². The van der Waals surface area contributed by atoms with Crippen molar-refractivity contribution in [2.24, 2.45) is 11.3 Å². The minimum Gasteiger partial charge on any atom is -0.392 e. The Hall–Kier alpha value is -0.600. The maximum absolute atomic E-state index is 9.53. The fourth-order valence-electron chi connectivity index (χ4n) is 4.06. The van der Waals surface area contributed by atoms with Gasteiger partial charge in [0.2, 0.25) is 0 Å². The van der Waals surface area contributed by atoms with Gasteiger partial charge in [0.1, 0.15) is 0 Å². The molecule has 2 aliphatic heterocycles. The minimum absolute atomic E-state index is 0.0406. The molecule has 1 aliphatic carbocycles. The molecule has 2 fully saturated rings. The molecule has 1 N–H and O–H groups in total. The summed E-state index contributed by atoms with van der Waals surface area (Å²) in [6.07, 6.45) is 9.65. The first-order chi connectivity index (χ1) is 7.93. The summed E-state index contributed by atoms with van der Waals surface area (Å²) >= 11 is 0. The van der Waals surface area contributed by atoms with Gasteiger partial charge in [-0.05, 0) is 37.2 Å². The molecule has 3 rings (SSSR count). The zero-order valence-electron chi connectivity index (χ0n) is 11.0. The van der Waals surface area contributed by atoms with Crippen LogP contribution in [0.15, 0.2) is 23.8 Å². The van der Waals surface area contributed by atoms with Crippen LogP contribution in [0.5, 0.6) is 0 Å². The summed E-state index contributed by atoms with van der Waals surface area (Å²) in [5, 5.41) is 9.53. The highest BCUT2D eigenvalue weighted by Crippen LogP contribution is 2.65. The van der Waals surface area contributed by atoms with Gasteiger partial charge in [0.05, 0.1) is 17.8 Å². The summed E-state index contributed by atoms with van der Waals surface area (Å²) in [4.78, 5) is 0. The molecule has 2 heteroatoms. The van der Waals surface area contributed by atoms with E-state index in [-0.39, 0.29) is 23.2 Å². The van der Waals surface area contributed by atoms with Crippen LogP contribution in [0.3, 0.4) is 0 Å². The number of rotatable bonds is 1. The number of aliphatic hydroxyl groups is 1. The van der Waals surface area contributed by atoms with E-state index in [1.54, 1.807) is 0 Å². The quantitative estimate of drug-likeness (QED) is 0.756. The number of hydrogen-bond donors (Lipinski definition) is 1. The Bertz CT molecular complexity index is 407. The third kappa shape index (κ3) is 1.34. The van der Waals surface area contributed by atoms with Crippen LogP contribution in [0.1, 0.15) is 40.0 Å². The van der Waals surface area contributed by atoms with Crippen LogP contribution in [-0.2, 0) is 4.74 Å². The normalized spacial score (nSPS) is 51.5. The summed E-state index contributed by atoms with van der Waals surface area (Å²) in [6, 6.07) is 0. The lowest BCUT2D eigenvalue weighted by atomic mass is 9.49. The van der Waals surface area contributed by atoms with Crippen molar-refractivity contribution < 1.29 is 9.84 Å². The van der Waals surface area contributed by atoms with Gasteiger partial charge in [0, 0.05) is 5.92 Å². The second kappa shape index (κ2) is 3.24. The van der Waals surface area contributed by atoms with Crippen molar-refractivity contribution in [3.05, 3.63) is 23.8 Å². The first-order valence-corrected chi connectivity index (χ1v) is 6.62. The van der Waals surface area contributed by atoms with Gasteiger partial charge in [0.15, 0.2) is 0 Å². The van der Waals surface area contributed by atoms with Gasteiger partial charge < -0.3 is 9.84 Å². The Morgan fingerprint density at radius 1 is 1.35 bits per heavy atom. The number of aliphatic hydroxyl groups excluding tert-OH is 1. The molecule has 1 saturated heterocycles. The Morgan fingerprint density at radius 2 is 2.12 bits per heavy atom. The lowest BCUT2D eigenvalue weighted by molar-refractivity contribution is -0.227. The highest BCUT2D eigenvalue weighted by atomic mass is 16.5. The van der Waals surface area contributed by atoms with E-state index in [9.17, 15) is 5.11 Å². The SMILES string of the molecule is CC1(C)C[C@@H]2/C(CO)=C/C=C\[C@@]3(C)CC[C@]21O3. The number of allylic oxidation sites excluding steroid dienone is 2. The van der Waals surface area contributed by atoms with Gasteiger partial charge in [-0.25, -0.2) is 0 Å². The monoisotopic (exact) mass is 234 g/mol. The molecule has 0 aromatic carbocycles. The van der Waals surface area contributed by atoms with Crippen molar-refractivity contribution in [2.45, 2.75) is 51.2 Å². The average molecular weight is 234 g/mol. The van der Waals surface area contributed by atoms with E-state index in [0.29, 0.717) is 5.92 Å². The van der Waals surface area contributed by atoms with Crippen LogP contribution < -0.4 is 0 Å². The Kier molecular flexibility index (Phi) is 2.19. The number of hydrogen-bond acceptors (Lipinski definition) is 2. The van der Waals surface area contributed by atoms with Crippen molar-refractivity contribution in [1.82, 2.24) is 0 Å². The molecule has 0 radical (unpaired) electrons. The van der Waals surface area contributed by atoms with Gasteiger partial charge in [-0.2, -0.15) is 0 Å². The molecule has 94 valence electrons. The zero-order chi connectivity index (χ0) is 12.3. The molecule has 1 spiro atoms. The second-order valence-corrected chi connectivity index (χ2v) is 6.70. The van der Waals surface area contributed by atoms with E-state index in [2.05, 4.69) is 39.0 Å². The van der Waals surface area contributed by atoms with Crippen LogP contribution in [0.4, 0.5) is 0 Å². The third-order valence-corrected chi connectivity index (χ3v) is 5.22. The van der Waals surface area contributed by atoms with E-state index in [4.69, 9.17) is 4.74 Å². The summed E-state index contributed by atoms with van der Waals surface area (Å²) in [7, 11) is 0. The van der Waals surface area contributed by atoms with Crippen molar-refractivity contribution in [3.63, 3.8) is 0 Å². The first-order valence-electron chi connectivity index (χ1n) is 6.62. The van der Waals surface area contributed by atoms with E-state index in [0.717, 1.165) is 24.8 Å². The van der Waals surface area contributed by atoms with Crippen molar-refractivity contribution in [1.29, 1.82) is 0 Å². The van der Waals surface area contributed by atoms with Crippen LogP contribution in [0.25, 0.3) is 0 Å². The molecule has 2 nitrogen and oxygen atoms in total. The van der Waals surface area contributed by atoms with Crippen LogP contribution >= 0.6 is 0 Å². The van der Waals surface area contributed by atoms with Crippen LogP contribution in [0.2, 0.25) is 0 Å². The fourth-order valence-corrected chi connectivity index (χ4v) is 4.06. The maximum Gasteiger partial charge on any atom is 0.0846 e. The third-order valence-electron chi connectivity index (χ3n) is 5.22. The molecule has 0 aromatic heterocycles. The van der Waals surface area contributed by atoms with Gasteiger partial charge in [0.25, 0.3) is 0 Å². The van der Waals surface area contributed by atoms with Gasteiger partial charge in [-0.3, -0.25) is 0 Å². The fraction of sp³-hybridized carbons (Fsp3) is 0.733. The number of fused-ring (bicyclic) bond motifs is 1. The molecule has 2 heterocycles. The highest BCUT2D eigenvalue weighted by Gasteiger charge is 2.66. The van der Waals surface area contributed by atoms with E-state index in [1.165, 1.54) is 0 Å². The first kappa shape index (κ1) is 11.5. The molecule has 0 aromatic rings. The maximum atomic E-state index is 9.53. The predicted molar refractivity (Wildman–Crippen MR) is 67.7 cm³/mol. The minimum atomic E-state index is -0.104. The van der Waals surface area contributed by atoms with Crippen LogP contribution in [0, 0.1) is 11.3 Å². The lowest BCUT2D eigenvalue weighted by Gasteiger charge is -2.61. The summed E-state index contributed by atoms with van der Waals surface area (Å²) in [6.45, 7) is 6.94. The largest absolute Gasteiger partial charge is 0.392 e. The lowest BCUT2D eigenvalue weighted by Crippen LogP contribution is -2.63. The molecule has 2 bridgehead atoms. The summed E-state index contributed by atoms with van der Waals surface area (Å²) in [5.41, 5.74) is 1.23. The molecule has 17 heavy (non-hydrogen) atoms. The van der Waals surface area contributed by atoms with Crippen molar-refractivity contribution in [3.8, 4) is 0 Å². The Labute approximate surface area is 103 Å². The van der Waals surface area contributed by atoms with Gasteiger partial charge in [-0.15, -0.1) is 0 Å². The second-order valence-electron chi connectivity index (χ2n) is 6.70. The standard InChI is InChI=1S/C15H22O2/c1-13(2)9-12-11(10-16)5-4-6-14(3)7-8-15(12,13)17-14/h4-6,12,16H,7-10H2,1-3H3/b6-4-,11-5+/t12-,14+,15+/m1/s1. The molecule has 1 saturated carbocycles. The highest BCUT2D eigenvalue weighted by molar-refractivity contribution is 5.32. The molecular weight excluding hydrogens is 212 g/mol. The summed E-state index contributed by atoms with van der Waals surface area (Å²) in [5.74, 6) is 0.411.